The molecule has 3 saturated carbocycles. The lowest BCUT2D eigenvalue weighted by Crippen LogP contribution is -2.59. The van der Waals surface area contributed by atoms with Crippen LogP contribution >= 0.6 is 0 Å². The summed E-state index contributed by atoms with van der Waals surface area (Å²) in [6.45, 7) is 2.30. The second-order valence-corrected chi connectivity index (χ2v) is 11.3. The summed E-state index contributed by atoms with van der Waals surface area (Å²) < 4.78 is 0. The molecule has 0 saturated heterocycles. The van der Waals surface area contributed by atoms with Gasteiger partial charge >= 0.3 is 0 Å². The molecule has 5 aliphatic carbocycles. The monoisotopic (exact) mass is 418 g/mol. The van der Waals surface area contributed by atoms with Crippen LogP contribution in [0.25, 0.3) is 0 Å². The fourth-order valence-electron chi connectivity index (χ4n) is 9.11. The lowest BCUT2D eigenvalue weighted by atomic mass is 9.39. The Labute approximate surface area is 185 Å². The van der Waals surface area contributed by atoms with Gasteiger partial charge < -0.3 is 10.2 Å². The van der Waals surface area contributed by atoms with Crippen LogP contribution in [0.2, 0.25) is 0 Å². The Morgan fingerprint density at radius 1 is 1.16 bits per heavy atom. The molecule has 0 aliphatic heterocycles. The zero-order valence-electron chi connectivity index (χ0n) is 18.5. The number of fused-ring (bicyclic) bond motifs is 4. The zero-order valence-corrected chi connectivity index (χ0v) is 18.5. The molecule has 31 heavy (non-hydrogen) atoms. The van der Waals surface area contributed by atoms with Crippen LogP contribution in [0.15, 0.2) is 48.1 Å². The quantitative estimate of drug-likeness (QED) is 0.683. The number of carbonyl (C=O) groups excluding carboxylic acids is 1. The summed E-state index contributed by atoms with van der Waals surface area (Å²) in [5.74, 6) is 2.43. The van der Waals surface area contributed by atoms with Crippen LogP contribution in [-0.2, 0) is 11.2 Å². The molecule has 164 valence electrons. The highest BCUT2D eigenvalue weighted by molar-refractivity contribution is 5.91. The van der Waals surface area contributed by atoms with Crippen LogP contribution in [0.4, 0.5) is 0 Å². The van der Waals surface area contributed by atoms with Crippen molar-refractivity contribution in [2.75, 3.05) is 6.61 Å². The molecule has 1 aromatic carbocycles. The van der Waals surface area contributed by atoms with Gasteiger partial charge in [0.2, 0.25) is 0 Å². The van der Waals surface area contributed by atoms with E-state index >= 15 is 0 Å². The molecule has 2 N–H and O–H groups in total. The van der Waals surface area contributed by atoms with Crippen molar-refractivity contribution in [3.05, 3.63) is 59.2 Å². The number of hydrogen-bond acceptors (Lipinski definition) is 3. The summed E-state index contributed by atoms with van der Waals surface area (Å²) in [5.41, 5.74) is 3.49. The summed E-state index contributed by atoms with van der Waals surface area (Å²) in [4.78, 5) is 12.4. The molecule has 0 radical (unpaired) electrons. The van der Waals surface area contributed by atoms with E-state index in [0.29, 0.717) is 35.9 Å². The van der Waals surface area contributed by atoms with Crippen molar-refractivity contribution in [2.24, 2.45) is 28.6 Å². The molecule has 3 heteroatoms. The van der Waals surface area contributed by atoms with Gasteiger partial charge in [-0.3, -0.25) is 4.79 Å². The number of aliphatic hydroxyl groups excluding tert-OH is 1. The van der Waals surface area contributed by atoms with Gasteiger partial charge in [0, 0.05) is 11.8 Å². The standard InChI is InChI=1S/C28H34O3/c1-26-17-23-21-6-3-2-5-18(21)16-27-12-9-20(30)15-19(27)7-8-22(25(23)27)24(26)10-13-28(26,31)11-4-14-29/h2-6,11,15,22-25,29,31H,7-10,12-14,16-17H2,1H3/t22-,23?,24-,25?,26-,27+,28?/m0/s1. The lowest BCUT2D eigenvalue weighted by molar-refractivity contribution is -0.128. The zero-order chi connectivity index (χ0) is 21.4. The molecule has 3 fully saturated rings. The molecule has 1 spiro atoms. The Morgan fingerprint density at radius 2 is 2.00 bits per heavy atom. The maximum atomic E-state index is 12.4. The van der Waals surface area contributed by atoms with E-state index in [0.717, 1.165) is 44.9 Å². The second-order valence-electron chi connectivity index (χ2n) is 11.3. The molecule has 0 aromatic heterocycles. The molecule has 5 aliphatic rings. The van der Waals surface area contributed by atoms with E-state index in [1.807, 2.05) is 12.2 Å². The molecular weight excluding hydrogens is 384 g/mol. The molecule has 3 unspecified atom stereocenters. The van der Waals surface area contributed by atoms with Gasteiger partial charge in [0.15, 0.2) is 5.78 Å². The van der Waals surface area contributed by atoms with Gasteiger partial charge in [0.1, 0.15) is 0 Å². The highest BCUT2D eigenvalue weighted by Gasteiger charge is 2.67. The van der Waals surface area contributed by atoms with E-state index < -0.39 is 5.60 Å². The maximum Gasteiger partial charge on any atom is 0.155 e. The van der Waals surface area contributed by atoms with Gasteiger partial charge in [-0.25, -0.2) is 0 Å². The predicted molar refractivity (Wildman–Crippen MR) is 120 cm³/mol. The SMILES string of the molecule is C[C@]12CC3c4ccccc4C[C@]45CCC(=O)C=C4CC[C@H](C35)[C@@H]1CCC2(O)C=CCO. The molecule has 0 amide bonds. The molecule has 1 aromatic rings. The number of ketones is 1. The minimum atomic E-state index is -0.844. The number of benzene rings is 1. The number of allylic oxidation sites excluding steroid dienone is 1. The first kappa shape index (κ1) is 19.9. The van der Waals surface area contributed by atoms with Gasteiger partial charge in [0.25, 0.3) is 0 Å². The summed E-state index contributed by atoms with van der Waals surface area (Å²) in [6, 6.07) is 8.98. The third kappa shape index (κ3) is 2.51. The Kier molecular flexibility index (Phi) is 4.28. The van der Waals surface area contributed by atoms with E-state index in [1.54, 1.807) is 6.08 Å². The lowest BCUT2D eigenvalue weighted by Gasteiger charge is -2.64. The van der Waals surface area contributed by atoms with E-state index in [-0.39, 0.29) is 17.4 Å². The van der Waals surface area contributed by atoms with Crippen LogP contribution in [0.1, 0.15) is 68.9 Å². The number of aliphatic hydroxyl groups is 2. The van der Waals surface area contributed by atoms with Crippen molar-refractivity contribution < 1.29 is 15.0 Å². The van der Waals surface area contributed by atoms with Crippen LogP contribution in [-0.4, -0.2) is 28.2 Å². The largest absolute Gasteiger partial charge is 0.392 e. The van der Waals surface area contributed by atoms with Crippen molar-refractivity contribution >= 4 is 5.78 Å². The first-order chi connectivity index (χ1) is 14.9. The Morgan fingerprint density at radius 3 is 2.84 bits per heavy atom. The normalized spacial score (nSPS) is 45.5. The maximum absolute atomic E-state index is 12.4. The van der Waals surface area contributed by atoms with Crippen LogP contribution in [0.5, 0.6) is 0 Å². The van der Waals surface area contributed by atoms with Crippen LogP contribution in [0, 0.1) is 28.6 Å². The van der Waals surface area contributed by atoms with Crippen LogP contribution < -0.4 is 0 Å². The summed E-state index contributed by atoms with van der Waals surface area (Å²) in [5, 5.41) is 21.2. The van der Waals surface area contributed by atoms with E-state index in [1.165, 1.54) is 16.7 Å². The summed E-state index contributed by atoms with van der Waals surface area (Å²) in [6.07, 6.45) is 13.5. The third-order valence-electron chi connectivity index (χ3n) is 10.3. The van der Waals surface area contributed by atoms with Crippen LogP contribution in [0.3, 0.4) is 0 Å². The average molecular weight is 419 g/mol. The number of rotatable bonds is 2. The van der Waals surface area contributed by atoms with Crippen molar-refractivity contribution in [3.63, 3.8) is 0 Å². The average Bonchev–Trinajstić information content (AvgIpc) is 3.03. The fraction of sp³-hybridized carbons (Fsp3) is 0.607. The van der Waals surface area contributed by atoms with E-state index in [9.17, 15) is 15.0 Å². The molecular formula is C28H34O3. The Bertz CT molecular complexity index is 992. The minimum Gasteiger partial charge on any atom is -0.392 e. The first-order valence-corrected chi connectivity index (χ1v) is 12.2. The highest BCUT2D eigenvalue weighted by Crippen LogP contribution is 2.73. The topological polar surface area (TPSA) is 57.5 Å². The van der Waals surface area contributed by atoms with Gasteiger partial charge in [0.05, 0.1) is 12.2 Å². The second kappa shape index (κ2) is 6.65. The number of hydrogen-bond donors (Lipinski definition) is 2. The fourth-order valence-corrected chi connectivity index (χ4v) is 9.11. The smallest absolute Gasteiger partial charge is 0.155 e. The van der Waals surface area contributed by atoms with Gasteiger partial charge in [-0.2, -0.15) is 0 Å². The molecule has 3 nitrogen and oxygen atoms in total. The van der Waals surface area contributed by atoms with Crippen molar-refractivity contribution in [3.8, 4) is 0 Å². The molecule has 0 bridgehead atoms. The Hall–Kier alpha value is -1.71. The van der Waals surface area contributed by atoms with Gasteiger partial charge in [-0.15, -0.1) is 0 Å². The molecule has 6 rings (SSSR count). The van der Waals surface area contributed by atoms with Gasteiger partial charge in [-0.05, 0) is 91.2 Å². The summed E-state index contributed by atoms with van der Waals surface area (Å²) in [7, 11) is 0. The van der Waals surface area contributed by atoms with E-state index in [2.05, 4.69) is 31.2 Å². The van der Waals surface area contributed by atoms with E-state index in [4.69, 9.17) is 0 Å². The summed E-state index contributed by atoms with van der Waals surface area (Å²) >= 11 is 0. The molecule has 7 atom stereocenters. The van der Waals surface area contributed by atoms with Gasteiger partial charge in [-0.1, -0.05) is 48.9 Å². The van der Waals surface area contributed by atoms with Crippen molar-refractivity contribution in [1.29, 1.82) is 0 Å². The first-order valence-electron chi connectivity index (χ1n) is 12.2. The highest BCUT2D eigenvalue weighted by atomic mass is 16.3. The third-order valence-corrected chi connectivity index (χ3v) is 10.3. The van der Waals surface area contributed by atoms with Crippen molar-refractivity contribution in [1.82, 2.24) is 0 Å². The molecule has 0 heterocycles. The minimum absolute atomic E-state index is 0.0212. The number of carbonyl (C=O) groups is 1. The predicted octanol–water partition coefficient (Wildman–Crippen LogP) is 4.73. The Balaban J connectivity index is 1.53. The van der Waals surface area contributed by atoms with Crippen molar-refractivity contribution in [2.45, 2.75) is 69.8 Å².